The Kier molecular flexibility index (Phi) is 3.62. The zero-order chi connectivity index (χ0) is 15.0. The molecule has 8 heteroatoms. The van der Waals surface area contributed by atoms with Crippen molar-refractivity contribution in [2.75, 3.05) is 0 Å². The van der Waals surface area contributed by atoms with Crippen molar-refractivity contribution >= 4 is 17.7 Å². The number of rotatable bonds is 5. The molecule has 110 valence electrons. The second-order valence-electron chi connectivity index (χ2n) is 5.10. The van der Waals surface area contributed by atoms with Gasteiger partial charge >= 0.3 is 5.97 Å². The van der Waals surface area contributed by atoms with Crippen molar-refractivity contribution in [3.8, 4) is 0 Å². The first-order chi connectivity index (χ1) is 10.0. The lowest BCUT2D eigenvalue weighted by Gasteiger charge is -2.09. The summed E-state index contributed by atoms with van der Waals surface area (Å²) in [5.74, 6) is 0.701. The van der Waals surface area contributed by atoms with Gasteiger partial charge in [-0.25, -0.2) is 14.8 Å². The predicted molar refractivity (Wildman–Crippen MR) is 76.3 cm³/mol. The maximum atomic E-state index is 11.4. The first kappa shape index (κ1) is 14.0. The minimum Gasteiger partial charge on any atom is -0.478 e. The third-order valence-corrected chi connectivity index (χ3v) is 4.25. The van der Waals surface area contributed by atoms with Gasteiger partial charge in [-0.2, -0.15) is 0 Å². The monoisotopic (exact) mass is 305 g/mol. The van der Waals surface area contributed by atoms with Crippen LogP contribution in [0.3, 0.4) is 0 Å². The number of hydrogen-bond acceptors (Lipinski definition) is 6. The van der Waals surface area contributed by atoms with Crippen LogP contribution in [0.5, 0.6) is 0 Å². The molecule has 21 heavy (non-hydrogen) atoms. The molecule has 3 rings (SSSR count). The molecule has 1 aliphatic rings. The third kappa shape index (κ3) is 3.05. The fraction of sp³-hybridized carbons (Fsp3) is 0.462. The number of carboxylic acids is 1. The molecule has 1 aliphatic carbocycles. The molecular weight excluding hydrogens is 290 g/mol. The first-order valence-corrected chi connectivity index (χ1v) is 7.63. The molecule has 2 aromatic rings. The standard InChI is InChI=1S/C13H15N5O2S/c1-7-10(13(19)20)12(15-11(14-7)8-3-4-8)21-6-9-5-18(2)17-16-9/h5,8H,3-4,6H2,1-2H3,(H,19,20). The fourth-order valence-electron chi connectivity index (χ4n) is 2.05. The molecule has 0 spiro atoms. The van der Waals surface area contributed by atoms with E-state index >= 15 is 0 Å². The largest absolute Gasteiger partial charge is 0.478 e. The van der Waals surface area contributed by atoms with Crippen LogP contribution in [0, 0.1) is 6.92 Å². The average Bonchev–Trinajstić information content (AvgIpc) is 3.18. The Bertz CT molecular complexity index is 696. The number of aromatic carboxylic acids is 1. The molecule has 2 aromatic heterocycles. The van der Waals surface area contributed by atoms with E-state index in [2.05, 4.69) is 20.3 Å². The van der Waals surface area contributed by atoms with Crippen LogP contribution >= 0.6 is 11.8 Å². The van der Waals surface area contributed by atoms with Crippen molar-refractivity contribution in [1.29, 1.82) is 0 Å². The second-order valence-corrected chi connectivity index (χ2v) is 6.06. The van der Waals surface area contributed by atoms with Gasteiger partial charge in [0, 0.05) is 24.9 Å². The van der Waals surface area contributed by atoms with Gasteiger partial charge in [0.05, 0.1) is 11.4 Å². The summed E-state index contributed by atoms with van der Waals surface area (Å²) in [6.07, 6.45) is 3.98. The quantitative estimate of drug-likeness (QED) is 0.664. The van der Waals surface area contributed by atoms with Crippen molar-refractivity contribution in [1.82, 2.24) is 25.0 Å². The first-order valence-electron chi connectivity index (χ1n) is 6.64. The van der Waals surface area contributed by atoms with E-state index in [4.69, 9.17) is 0 Å². The van der Waals surface area contributed by atoms with Gasteiger partial charge in [-0.3, -0.25) is 4.68 Å². The number of hydrogen-bond donors (Lipinski definition) is 1. The molecular formula is C13H15N5O2S. The smallest absolute Gasteiger partial charge is 0.340 e. The fourth-order valence-corrected chi connectivity index (χ4v) is 3.00. The van der Waals surface area contributed by atoms with Crippen LogP contribution < -0.4 is 0 Å². The van der Waals surface area contributed by atoms with Crippen LogP contribution in [0.1, 0.15) is 46.3 Å². The average molecular weight is 305 g/mol. The lowest BCUT2D eigenvalue weighted by Crippen LogP contribution is -2.09. The molecule has 0 aliphatic heterocycles. The summed E-state index contributed by atoms with van der Waals surface area (Å²) in [4.78, 5) is 20.2. The molecule has 1 fully saturated rings. The highest BCUT2D eigenvalue weighted by atomic mass is 32.2. The molecule has 0 atom stereocenters. The summed E-state index contributed by atoms with van der Waals surface area (Å²) in [5, 5.41) is 17.7. The summed E-state index contributed by atoms with van der Waals surface area (Å²) in [7, 11) is 1.80. The van der Waals surface area contributed by atoms with Crippen LogP contribution in [-0.2, 0) is 12.8 Å². The second kappa shape index (κ2) is 5.44. The van der Waals surface area contributed by atoms with Crippen LogP contribution in [0.2, 0.25) is 0 Å². The molecule has 0 bridgehead atoms. The maximum absolute atomic E-state index is 11.4. The molecule has 2 heterocycles. The van der Waals surface area contributed by atoms with Crippen molar-refractivity contribution in [2.24, 2.45) is 7.05 Å². The van der Waals surface area contributed by atoms with Crippen molar-refractivity contribution in [3.05, 3.63) is 29.0 Å². The molecule has 0 amide bonds. The number of aromatic nitrogens is 5. The summed E-state index contributed by atoms with van der Waals surface area (Å²) >= 11 is 1.37. The van der Waals surface area contributed by atoms with Crippen molar-refractivity contribution in [2.45, 2.75) is 36.5 Å². The molecule has 0 saturated heterocycles. The van der Waals surface area contributed by atoms with Gasteiger partial charge in [-0.15, -0.1) is 5.10 Å². The number of carboxylic acid groups (broad SMARTS) is 1. The van der Waals surface area contributed by atoms with E-state index in [9.17, 15) is 9.90 Å². The Labute approximate surface area is 125 Å². The Balaban J connectivity index is 1.88. The van der Waals surface area contributed by atoms with E-state index < -0.39 is 5.97 Å². The Morgan fingerprint density at radius 1 is 1.48 bits per heavy atom. The topological polar surface area (TPSA) is 93.8 Å². The lowest BCUT2D eigenvalue weighted by atomic mass is 10.2. The Hall–Kier alpha value is -1.96. The highest BCUT2D eigenvalue weighted by molar-refractivity contribution is 7.98. The summed E-state index contributed by atoms with van der Waals surface area (Å²) in [6, 6.07) is 0. The normalized spacial score (nSPS) is 14.4. The minimum absolute atomic E-state index is 0.188. The molecule has 1 N–H and O–H groups in total. The molecule has 1 saturated carbocycles. The van der Waals surface area contributed by atoms with Crippen LogP contribution in [0.25, 0.3) is 0 Å². The van der Waals surface area contributed by atoms with Crippen LogP contribution in [-0.4, -0.2) is 36.0 Å². The summed E-state index contributed by atoms with van der Waals surface area (Å²) in [5.41, 5.74) is 1.51. The van der Waals surface area contributed by atoms with E-state index in [0.29, 0.717) is 22.4 Å². The number of nitrogens with zero attached hydrogens (tertiary/aromatic N) is 5. The predicted octanol–water partition coefficient (Wildman–Crippen LogP) is 1.78. The number of aryl methyl sites for hydroxylation is 2. The van der Waals surface area contributed by atoms with Gasteiger partial charge in [0.25, 0.3) is 0 Å². The molecule has 7 nitrogen and oxygen atoms in total. The van der Waals surface area contributed by atoms with Gasteiger partial charge in [0.2, 0.25) is 0 Å². The molecule has 0 unspecified atom stereocenters. The maximum Gasteiger partial charge on any atom is 0.340 e. The summed E-state index contributed by atoms with van der Waals surface area (Å²) < 4.78 is 1.62. The summed E-state index contributed by atoms with van der Waals surface area (Å²) in [6.45, 7) is 1.73. The zero-order valence-corrected chi connectivity index (χ0v) is 12.6. The van der Waals surface area contributed by atoms with Gasteiger partial charge in [0.1, 0.15) is 16.4 Å². The Morgan fingerprint density at radius 2 is 2.24 bits per heavy atom. The lowest BCUT2D eigenvalue weighted by molar-refractivity contribution is 0.0690. The highest BCUT2D eigenvalue weighted by Crippen LogP contribution is 2.39. The SMILES string of the molecule is Cc1nc(C2CC2)nc(SCc2cn(C)nn2)c1C(=O)O. The van der Waals surface area contributed by atoms with Gasteiger partial charge in [-0.1, -0.05) is 17.0 Å². The van der Waals surface area contributed by atoms with Gasteiger partial charge < -0.3 is 5.11 Å². The van der Waals surface area contributed by atoms with Crippen LogP contribution in [0.4, 0.5) is 0 Å². The third-order valence-electron chi connectivity index (χ3n) is 3.24. The van der Waals surface area contributed by atoms with E-state index in [0.717, 1.165) is 24.4 Å². The van der Waals surface area contributed by atoms with Gasteiger partial charge in [0.15, 0.2) is 0 Å². The molecule has 0 radical (unpaired) electrons. The highest BCUT2D eigenvalue weighted by Gasteiger charge is 2.29. The van der Waals surface area contributed by atoms with E-state index in [1.165, 1.54) is 11.8 Å². The zero-order valence-electron chi connectivity index (χ0n) is 11.8. The van der Waals surface area contributed by atoms with E-state index in [-0.39, 0.29) is 5.56 Å². The van der Waals surface area contributed by atoms with E-state index in [1.54, 1.807) is 18.7 Å². The van der Waals surface area contributed by atoms with Gasteiger partial charge in [-0.05, 0) is 19.8 Å². The molecule has 0 aromatic carbocycles. The minimum atomic E-state index is -0.989. The number of carbonyl (C=O) groups is 1. The van der Waals surface area contributed by atoms with Crippen molar-refractivity contribution in [3.63, 3.8) is 0 Å². The number of thioether (sulfide) groups is 1. The van der Waals surface area contributed by atoms with E-state index in [1.807, 2.05) is 6.20 Å². The Morgan fingerprint density at radius 3 is 2.81 bits per heavy atom. The van der Waals surface area contributed by atoms with Crippen LogP contribution in [0.15, 0.2) is 11.2 Å². The van der Waals surface area contributed by atoms with Crippen molar-refractivity contribution < 1.29 is 9.90 Å².